The minimum Gasteiger partial charge on any atom is -0.403 e. The van der Waals surface area contributed by atoms with Gasteiger partial charge < -0.3 is 14.2 Å². The smallest absolute Gasteiger partial charge is 0.318 e. The van der Waals surface area contributed by atoms with Gasteiger partial charge in [-0.2, -0.15) is 0 Å². The standard InChI is InChI=1S/C18H23BrN4O/c19-15-6-4-5-14(13-15)17-20-21-18(24-17)23-11-7-16(8-12-23)22-9-2-1-3-10-22/h4-6,13,16H,1-3,7-12H2. The Balaban J connectivity index is 1.39. The molecule has 0 unspecified atom stereocenters. The molecule has 0 saturated carbocycles. The zero-order valence-electron chi connectivity index (χ0n) is 13.8. The first-order chi connectivity index (χ1) is 11.8. The van der Waals surface area contributed by atoms with Gasteiger partial charge in [0.2, 0.25) is 5.89 Å². The van der Waals surface area contributed by atoms with Gasteiger partial charge in [-0.3, -0.25) is 0 Å². The van der Waals surface area contributed by atoms with Crippen LogP contribution in [0.15, 0.2) is 33.2 Å². The molecule has 5 nitrogen and oxygen atoms in total. The largest absolute Gasteiger partial charge is 0.403 e. The zero-order valence-corrected chi connectivity index (χ0v) is 15.4. The maximum atomic E-state index is 5.91. The minimum absolute atomic E-state index is 0.587. The maximum Gasteiger partial charge on any atom is 0.318 e. The highest BCUT2D eigenvalue weighted by atomic mass is 79.9. The van der Waals surface area contributed by atoms with Gasteiger partial charge in [0.25, 0.3) is 0 Å². The molecule has 0 spiro atoms. The van der Waals surface area contributed by atoms with Gasteiger partial charge in [-0.1, -0.05) is 33.5 Å². The summed E-state index contributed by atoms with van der Waals surface area (Å²) in [5.41, 5.74) is 0.950. The minimum atomic E-state index is 0.587. The summed E-state index contributed by atoms with van der Waals surface area (Å²) in [5.74, 6) is 0.587. The van der Waals surface area contributed by atoms with E-state index in [-0.39, 0.29) is 0 Å². The first-order valence-corrected chi connectivity index (χ1v) is 9.67. The van der Waals surface area contributed by atoms with Crippen LogP contribution in [0, 0.1) is 0 Å². The summed E-state index contributed by atoms with van der Waals surface area (Å²) in [6, 6.07) is 9.35. The zero-order chi connectivity index (χ0) is 16.4. The van der Waals surface area contributed by atoms with Crippen LogP contribution in [0.5, 0.6) is 0 Å². The van der Waals surface area contributed by atoms with Crippen LogP contribution in [0.2, 0.25) is 0 Å². The average Bonchev–Trinajstić information content (AvgIpc) is 3.13. The first-order valence-electron chi connectivity index (χ1n) is 8.88. The number of nitrogens with zero attached hydrogens (tertiary/aromatic N) is 4. The summed E-state index contributed by atoms with van der Waals surface area (Å²) in [6.07, 6.45) is 6.50. The monoisotopic (exact) mass is 390 g/mol. The van der Waals surface area contributed by atoms with E-state index in [9.17, 15) is 0 Å². The number of likely N-dealkylation sites (tertiary alicyclic amines) is 1. The molecule has 0 radical (unpaired) electrons. The van der Waals surface area contributed by atoms with Crippen molar-refractivity contribution in [1.82, 2.24) is 15.1 Å². The molecule has 0 bridgehead atoms. The van der Waals surface area contributed by atoms with E-state index in [1.165, 1.54) is 45.2 Å². The van der Waals surface area contributed by atoms with Crippen molar-refractivity contribution in [2.24, 2.45) is 0 Å². The second-order valence-corrected chi connectivity index (χ2v) is 7.63. The summed E-state index contributed by atoms with van der Waals surface area (Å²) in [5, 5.41) is 8.49. The molecular formula is C18H23BrN4O. The second kappa shape index (κ2) is 7.23. The van der Waals surface area contributed by atoms with Crippen molar-refractivity contribution in [2.75, 3.05) is 31.1 Å². The molecule has 2 saturated heterocycles. The summed E-state index contributed by atoms with van der Waals surface area (Å²) < 4.78 is 6.93. The van der Waals surface area contributed by atoms with Crippen molar-refractivity contribution in [1.29, 1.82) is 0 Å². The van der Waals surface area contributed by atoms with E-state index in [1.807, 2.05) is 24.3 Å². The summed E-state index contributed by atoms with van der Waals surface area (Å²) in [7, 11) is 0. The van der Waals surface area contributed by atoms with E-state index in [0.29, 0.717) is 11.9 Å². The lowest BCUT2D eigenvalue weighted by atomic mass is 10.0. The molecule has 2 aliphatic heterocycles. The van der Waals surface area contributed by atoms with Crippen LogP contribution in [0.1, 0.15) is 32.1 Å². The van der Waals surface area contributed by atoms with Gasteiger partial charge >= 0.3 is 6.01 Å². The topological polar surface area (TPSA) is 45.4 Å². The molecule has 0 aliphatic carbocycles. The quantitative estimate of drug-likeness (QED) is 0.793. The number of hydrogen-bond donors (Lipinski definition) is 0. The summed E-state index contributed by atoms with van der Waals surface area (Å²) in [4.78, 5) is 4.91. The van der Waals surface area contributed by atoms with E-state index in [1.54, 1.807) is 0 Å². The van der Waals surface area contributed by atoms with Crippen molar-refractivity contribution < 1.29 is 4.42 Å². The summed E-state index contributed by atoms with van der Waals surface area (Å²) in [6.45, 7) is 4.55. The molecule has 2 fully saturated rings. The van der Waals surface area contributed by atoms with Gasteiger partial charge in [0, 0.05) is 29.2 Å². The second-order valence-electron chi connectivity index (χ2n) is 6.71. The number of aromatic nitrogens is 2. The van der Waals surface area contributed by atoms with Gasteiger partial charge in [0.1, 0.15) is 0 Å². The predicted molar refractivity (Wildman–Crippen MR) is 98.1 cm³/mol. The third-order valence-electron chi connectivity index (χ3n) is 5.13. The van der Waals surface area contributed by atoms with Crippen LogP contribution in [-0.2, 0) is 0 Å². The van der Waals surface area contributed by atoms with Crippen LogP contribution < -0.4 is 4.90 Å². The maximum absolute atomic E-state index is 5.91. The highest BCUT2D eigenvalue weighted by molar-refractivity contribution is 9.10. The molecule has 2 aliphatic rings. The average molecular weight is 391 g/mol. The van der Waals surface area contributed by atoms with Crippen LogP contribution in [0.25, 0.3) is 11.5 Å². The molecule has 1 aromatic heterocycles. The Morgan fingerprint density at radius 2 is 1.79 bits per heavy atom. The molecule has 1 aromatic carbocycles. The molecule has 0 amide bonds. The Morgan fingerprint density at radius 1 is 1.00 bits per heavy atom. The van der Waals surface area contributed by atoms with Gasteiger partial charge in [-0.05, 0) is 57.0 Å². The van der Waals surface area contributed by atoms with E-state index < -0.39 is 0 Å². The third-order valence-corrected chi connectivity index (χ3v) is 5.62. The van der Waals surface area contributed by atoms with Crippen molar-refractivity contribution in [3.05, 3.63) is 28.7 Å². The number of halogens is 1. The van der Waals surface area contributed by atoms with Gasteiger partial charge in [0.15, 0.2) is 0 Å². The highest BCUT2D eigenvalue weighted by Crippen LogP contribution is 2.27. The number of anilines is 1. The Kier molecular flexibility index (Phi) is 4.85. The fourth-order valence-electron chi connectivity index (χ4n) is 3.79. The van der Waals surface area contributed by atoms with Gasteiger partial charge in [0.05, 0.1) is 0 Å². The predicted octanol–water partition coefficient (Wildman–Crippen LogP) is 3.95. The number of rotatable bonds is 3. The van der Waals surface area contributed by atoms with E-state index in [2.05, 4.69) is 35.9 Å². The molecule has 0 atom stereocenters. The Labute approximate surface area is 151 Å². The van der Waals surface area contributed by atoms with Crippen LogP contribution >= 0.6 is 15.9 Å². The van der Waals surface area contributed by atoms with E-state index in [4.69, 9.17) is 4.42 Å². The fraction of sp³-hybridized carbons (Fsp3) is 0.556. The lowest BCUT2D eigenvalue weighted by Crippen LogP contribution is -2.46. The van der Waals surface area contributed by atoms with Crippen LogP contribution in [0.3, 0.4) is 0 Å². The lowest BCUT2D eigenvalue weighted by molar-refractivity contribution is 0.140. The van der Waals surface area contributed by atoms with Crippen molar-refractivity contribution in [3.8, 4) is 11.5 Å². The van der Waals surface area contributed by atoms with Gasteiger partial charge in [-0.15, -0.1) is 5.10 Å². The third kappa shape index (κ3) is 3.49. The molecule has 6 heteroatoms. The van der Waals surface area contributed by atoms with Gasteiger partial charge in [-0.25, -0.2) is 0 Å². The molecule has 3 heterocycles. The highest BCUT2D eigenvalue weighted by Gasteiger charge is 2.27. The normalized spacial score (nSPS) is 20.5. The molecule has 2 aromatic rings. The Bertz CT molecular complexity index is 675. The first kappa shape index (κ1) is 16.1. The van der Waals surface area contributed by atoms with Crippen LogP contribution in [-0.4, -0.2) is 47.3 Å². The number of benzene rings is 1. The number of hydrogen-bond acceptors (Lipinski definition) is 5. The summed E-state index contributed by atoms with van der Waals surface area (Å²) >= 11 is 3.48. The van der Waals surface area contributed by atoms with Crippen molar-refractivity contribution in [2.45, 2.75) is 38.1 Å². The molecule has 0 N–H and O–H groups in total. The fourth-order valence-corrected chi connectivity index (χ4v) is 4.19. The van der Waals surface area contributed by atoms with E-state index in [0.717, 1.165) is 29.2 Å². The molecule has 24 heavy (non-hydrogen) atoms. The molecular weight excluding hydrogens is 368 g/mol. The van der Waals surface area contributed by atoms with Crippen LogP contribution in [0.4, 0.5) is 6.01 Å². The lowest BCUT2D eigenvalue weighted by Gasteiger charge is -2.39. The Hall–Kier alpha value is -1.40. The van der Waals surface area contributed by atoms with Crippen molar-refractivity contribution >= 4 is 21.9 Å². The SMILES string of the molecule is Brc1cccc(-c2nnc(N3CCC(N4CCCCC4)CC3)o2)c1. The van der Waals surface area contributed by atoms with Crippen molar-refractivity contribution in [3.63, 3.8) is 0 Å². The Morgan fingerprint density at radius 3 is 2.54 bits per heavy atom. The molecule has 4 rings (SSSR count). The van der Waals surface area contributed by atoms with E-state index >= 15 is 0 Å². The molecule has 128 valence electrons. The number of piperidine rings is 2.